The van der Waals surface area contributed by atoms with Crippen molar-refractivity contribution < 1.29 is 4.79 Å². The summed E-state index contributed by atoms with van der Waals surface area (Å²) >= 11 is 1.85. The normalized spacial score (nSPS) is 20.7. The molecule has 0 aromatic heterocycles. The third-order valence-electron chi connectivity index (χ3n) is 3.09. The number of rotatable bonds is 6. The van der Waals surface area contributed by atoms with Crippen LogP contribution in [0.3, 0.4) is 0 Å². The highest BCUT2D eigenvalue weighted by Gasteiger charge is 2.31. The van der Waals surface area contributed by atoms with Gasteiger partial charge < -0.3 is 11.1 Å². The van der Waals surface area contributed by atoms with E-state index in [0.29, 0.717) is 6.42 Å². The monoisotopic (exact) mass is 244 g/mol. The Bertz CT molecular complexity index is 227. The van der Waals surface area contributed by atoms with Gasteiger partial charge in [0.15, 0.2) is 0 Å². The number of hydrogen-bond donors (Lipinski definition) is 2. The van der Waals surface area contributed by atoms with Gasteiger partial charge in [-0.05, 0) is 25.5 Å². The predicted octanol–water partition coefficient (Wildman–Crippen LogP) is 1.91. The van der Waals surface area contributed by atoms with Crippen LogP contribution in [0.1, 0.15) is 46.0 Å². The Hall–Kier alpha value is -0.220. The molecule has 1 atom stereocenters. The van der Waals surface area contributed by atoms with E-state index in [-0.39, 0.29) is 17.5 Å². The maximum atomic E-state index is 11.8. The zero-order valence-corrected chi connectivity index (χ0v) is 11.2. The van der Waals surface area contributed by atoms with E-state index in [0.717, 1.165) is 24.3 Å². The van der Waals surface area contributed by atoms with Crippen molar-refractivity contribution in [1.29, 1.82) is 0 Å². The third kappa shape index (κ3) is 4.74. The van der Waals surface area contributed by atoms with Gasteiger partial charge in [0.2, 0.25) is 5.91 Å². The van der Waals surface area contributed by atoms with E-state index in [9.17, 15) is 4.79 Å². The minimum atomic E-state index is -0.221. The fraction of sp³-hybridized carbons (Fsp3) is 0.917. The average Bonchev–Trinajstić information content (AvgIpc) is 2.61. The summed E-state index contributed by atoms with van der Waals surface area (Å²) < 4.78 is 0. The van der Waals surface area contributed by atoms with Gasteiger partial charge in [0.1, 0.15) is 0 Å². The van der Waals surface area contributed by atoms with Crippen molar-refractivity contribution in [1.82, 2.24) is 5.32 Å². The Morgan fingerprint density at radius 3 is 2.69 bits per heavy atom. The molecule has 1 rings (SSSR count). The number of carbonyl (C=O) groups excluding carboxylic acids is 1. The van der Waals surface area contributed by atoms with Gasteiger partial charge in [-0.1, -0.05) is 19.8 Å². The first-order chi connectivity index (χ1) is 7.56. The summed E-state index contributed by atoms with van der Waals surface area (Å²) in [5.41, 5.74) is 5.95. The Morgan fingerprint density at radius 1 is 1.50 bits per heavy atom. The van der Waals surface area contributed by atoms with Gasteiger partial charge in [0.05, 0.1) is 0 Å². The minimum absolute atomic E-state index is 0.119. The molecule has 4 heteroatoms. The van der Waals surface area contributed by atoms with Gasteiger partial charge in [0.25, 0.3) is 0 Å². The first-order valence-corrected chi connectivity index (χ1v) is 7.37. The van der Waals surface area contributed by atoms with Crippen molar-refractivity contribution >= 4 is 17.7 Å². The predicted molar refractivity (Wildman–Crippen MR) is 70.6 cm³/mol. The molecule has 0 aliphatic heterocycles. The van der Waals surface area contributed by atoms with Gasteiger partial charge in [-0.15, -0.1) is 0 Å². The summed E-state index contributed by atoms with van der Waals surface area (Å²) in [5.74, 6) is 2.20. The summed E-state index contributed by atoms with van der Waals surface area (Å²) in [6, 6.07) is 0.252. The van der Waals surface area contributed by atoms with Crippen LogP contribution in [0.4, 0.5) is 0 Å². The summed E-state index contributed by atoms with van der Waals surface area (Å²) in [6.07, 6.45) is 4.83. The second-order valence-electron chi connectivity index (χ2n) is 4.87. The second-order valence-corrected chi connectivity index (χ2v) is 6.19. The molecule has 3 N–H and O–H groups in total. The van der Waals surface area contributed by atoms with Crippen LogP contribution in [-0.4, -0.2) is 29.0 Å². The average molecular weight is 244 g/mol. The molecule has 1 aliphatic carbocycles. The number of nitrogens with one attached hydrogen (secondary N) is 1. The van der Waals surface area contributed by atoms with Crippen LogP contribution in [0.2, 0.25) is 0 Å². The highest BCUT2D eigenvalue weighted by Crippen LogP contribution is 2.29. The molecule has 94 valence electrons. The van der Waals surface area contributed by atoms with Crippen LogP contribution in [0, 0.1) is 0 Å². The molecule has 0 bridgehead atoms. The summed E-state index contributed by atoms with van der Waals surface area (Å²) in [6.45, 7) is 4.19. The fourth-order valence-electron chi connectivity index (χ4n) is 2.24. The van der Waals surface area contributed by atoms with E-state index < -0.39 is 0 Å². The quantitative estimate of drug-likeness (QED) is 0.750. The smallest absolute Gasteiger partial charge is 0.222 e. The van der Waals surface area contributed by atoms with Crippen LogP contribution in [0.15, 0.2) is 0 Å². The molecule has 3 nitrogen and oxygen atoms in total. The summed E-state index contributed by atoms with van der Waals surface area (Å²) in [5, 5.41) is 3.03. The molecule has 1 saturated carbocycles. The Labute approximate surface area is 103 Å². The van der Waals surface area contributed by atoms with Crippen molar-refractivity contribution in [3.05, 3.63) is 0 Å². The first-order valence-electron chi connectivity index (χ1n) is 6.22. The van der Waals surface area contributed by atoms with Crippen LogP contribution >= 0.6 is 11.8 Å². The van der Waals surface area contributed by atoms with Crippen molar-refractivity contribution in [2.24, 2.45) is 5.73 Å². The van der Waals surface area contributed by atoms with Crippen molar-refractivity contribution in [2.45, 2.75) is 57.5 Å². The summed E-state index contributed by atoms with van der Waals surface area (Å²) in [4.78, 5) is 11.8. The zero-order chi connectivity index (χ0) is 12.0. The summed E-state index contributed by atoms with van der Waals surface area (Å²) in [7, 11) is 0. The minimum Gasteiger partial charge on any atom is -0.353 e. The van der Waals surface area contributed by atoms with Crippen LogP contribution < -0.4 is 11.1 Å². The molecule has 1 fully saturated rings. The highest BCUT2D eigenvalue weighted by molar-refractivity contribution is 7.99. The lowest BCUT2D eigenvalue weighted by Crippen LogP contribution is -2.44. The van der Waals surface area contributed by atoms with E-state index >= 15 is 0 Å². The van der Waals surface area contributed by atoms with Gasteiger partial charge in [0, 0.05) is 23.8 Å². The molecular formula is C12H24N2OS. The highest BCUT2D eigenvalue weighted by atomic mass is 32.2. The van der Waals surface area contributed by atoms with E-state index in [1.165, 1.54) is 12.8 Å². The van der Waals surface area contributed by atoms with Crippen LogP contribution in [-0.2, 0) is 4.79 Å². The SMILES string of the molecule is CCSCC(C)NC(=O)CC1(N)CCCC1. The zero-order valence-electron chi connectivity index (χ0n) is 10.4. The van der Waals surface area contributed by atoms with Gasteiger partial charge in [-0.3, -0.25) is 4.79 Å². The lowest BCUT2D eigenvalue weighted by atomic mass is 9.94. The number of carbonyl (C=O) groups is 1. The van der Waals surface area contributed by atoms with Crippen molar-refractivity contribution in [3.63, 3.8) is 0 Å². The fourth-order valence-corrected chi connectivity index (χ4v) is 2.91. The molecule has 0 radical (unpaired) electrons. The Balaban J connectivity index is 2.24. The molecule has 16 heavy (non-hydrogen) atoms. The lowest BCUT2D eigenvalue weighted by molar-refractivity contribution is -0.122. The van der Waals surface area contributed by atoms with Crippen LogP contribution in [0.25, 0.3) is 0 Å². The van der Waals surface area contributed by atoms with Crippen LogP contribution in [0.5, 0.6) is 0 Å². The van der Waals surface area contributed by atoms with E-state index in [1.54, 1.807) is 0 Å². The first kappa shape index (κ1) is 13.8. The molecular weight excluding hydrogens is 220 g/mol. The van der Waals surface area contributed by atoms with Gasteiger partial charge in [-0.25, -0.2) is 0 Å². The molecule has 1 amide bonds. The van der Waals surface area contributed by atoms with Crippen molar-refractivity contribution in [2.75, 3.05) is 11.5 Å². The molecule has 0 aromatic rings. The lowest BCUT2D eigenvalue weighted by Gasteiger charge is -2.23. The Kier molecular flexibility index (Phi) is 5.62. The second kappa shape index (κ2) is 6.50. The van der Waals surface area contributed by atoms with E-state index in [1.807, 2.05) is 11.8 Å². The molecule has 0 spiro atoms. The number of hydrogen-bond acceptors (Lipinski definition) is 3. The molecule has 0 saturated heterocycles. The number of thioether (sulfide) groups is 1. The van der Waals surface area contributed by atoms with Crippen molar-refractivity contribution in [3.8, 4) is 0 Å². The van der Waals surface area contributed by atoms with E-state index in [4.69, 9.17) is 5.73 Å². The standard InChI is InChI=1S/C12H24N2OS/c1-3-16-9-10(2)14-11(15)8-12(13)6-4-5-7-12/h10H,3-9,13H2,1-2H3,(H,14,15). The van der Waals surface area contributed by atoms with E-state index in [2.05, 4.69) is 19.2 Å². The molecule has 0 heterocycles. The molecule has 0 aromatic carbocycles. The number of nitrogens with two attached hydrogens (primary N) is 1. The maximum absolute atomic E-state index is 11.8. The third-order valence-corrected chi connectivity index (χ3v) is 4.24. The Morgan fingerprint density at radius 2 is 2.12 bits per heavy atom. The topological polar surface area (TPSA) is 55.1 Å². The van der Waals surface area contributed by atoms with Gasteiger partial charge in [-0.2, -0.15) is 11.8 Å². The largest absolute Gasteiger partial charge is 0.353 e. The molecule has 1 aliphatic rings. The maximum Gasteiger partial charge on any atom is 0.222 e. The molecule has 1 unspecified atom stereocenters. The number of amides is 1. The van der Waals surface area contributed by atoms with Gasteiger partial charge >= 0.3 is 0 Å².